The predicted octanol–water partition coefficient (Wildman–Crippen LogP) is 2.63. The number of rotatable bonds is 2. The van der Waals surface area contributed by atoms with Crippen LogP contribution < -0.4 is 5.32 Å². The van der Waals surface area contributed by atoms with E-state index in [1.165, 1.54) is 38.8 Å². The van der Waals surface area contributed by atoms with Crippen molar-refractivity contribution in [1.29, 1.82) is 0 Å². The van der Waals surface area contributed by atoms with Crippen LogP contribution in [-0.4, -0.2) is 42.3 Å². The summed E-state index contributed by atoms with van der Waals surface area (Å²) in [5.41, 5.74) is -0.407. The van der Waals surface area contributed by atoms with Gasteiger partial charge < -0.3 is 10.1 Å². The summed E-state index contributed by atoms with van der Waals surface area (Å²) in [6.45, 7) is 9.04. The molecule has 3 aliphatic heterocycles. The van der Waals surface area contributed by atoms with Crippen molar-refractivity contribution in [3.63, 3.8) is 0 Å². The maximum Gasteiger partial charge on any atom is 0.407 e. The van der Waals surface area contributed by atoms with Gasteiger partial charge in [-0.2, -0.15) is 0 Å². The van der Waals surface area contributed by atoms with Crippen molar-refractivity contribution in [3.05, 3.63) is 0 Å². The smallest absolute Gasteiger partial charge is 0.407 e. The van der Waals surface area contributed by atoms with Gasteiger partial charge in [0.25, 0.3) is 0 Å². The number of amides is 1. The maximum absolute atomic E-state index is 11.8. The molecule has 0 radical (unpaired) electrons. The Hall–Kier alpha value is -0.770. The summed E-state index contributed by atoms with van der Waals surface area (Å²) >= 11 is 0. The zero-order valence-electron chi connectivity index (χ0n) is 13.0. The highest BCUT2D eigenvalue weighted by Gasteiger charge is 2.48. The van der Waals surface area contributed by atoms with Gasteiger partial charge in [0.1, 0.15) is 5.60 Å². The third-order valence-electron chi connectivity index (χ3n) is 5.30. The number of ether oxygens (including phenoxy) is 1. The Morgan fingerprint density at radius 1 is 1.20 bits per heavy atom. The van der Waals surface area contributed by atoms with Crippen LogP contribution in [0.4, 0.5) is 4.79 Å². The highest BCUT2D eigenvalue weighted by molar-refractivity contribution is 5.67. The van der Waals surface area contributed by atoms with Crippen LogP contribution in [0.3, 0.4) is 0 Å². The van der Waals surface area contributed by atoms with Gasteiger partial charge in [-0.1, -0.05) is 0 Å². The summed E-state index contributed by atoms with van der Waals surface area (Å²) < 4.78 is 5.33. The Labute approximate surface area is 122 Å². The number of carbonyl (C=O) groups is 1. The Morgan fingerprint density at radius 2 is 1.90 bits per heavy atom. The quantitative estimate of drug-likeness (QED) is 0.845. The van der Waals surface area contributed by atoms with E-state index < -0.39 is 5.60 Å². The van der Waals surface area contributed by atoms with E-state index >= 15 is 0 Å². The molecule has 0 aromatic heterocycles. The number of hydrogen-bond acceptors (Lipinski definition) is 3. The molecule has 1 N–H and O–H groups in total. The van der Waals surface area contributed by atoms with E-state index in [9.17, 15) is 4.79 Å². The van der Waals surface area contributed by atoms with Crippen LogP contribution in [0.25, 0.3) is 0 Å². The van der Waals surface area contributed by atoms with Crippen molar-refractivity contribution in [3.8, 4) is 0 Å². The van der Waals surface area contributed by atoms with Gasteiger partial charge in [0.05, 0.1) is 0 Å². The first-order valence-electron chi connectivity index (χ1n) is 8.15. The van der Waals surface area contributed by atoms with Crippen molar-refractivity contribution in [1.82, 2.24) is 10.2 Å². The molecule has 1 aliphatic carbocycles. The fourth-order valence-corrected chi connectivity index (χ4v) is 4.58. The van der Waals surface area contributed by atoms with E-state index in [-0.39, 0.29) is 6.09 Å². The van der Waals surface area contributed by atoms with E-state index in [0.29, 0.717) is 5.92 Å². The number of piperidine rings is 3. The number of carbonyl (C=O) groups excluding carboxylic acids is 1. The molecule has 1 saturated carbocycles. The average Bonchev–Trinajstić information content (AvgIpc) is 2.82. The standard InChI is InChI=1S/C16H28N2O2/c1-16(2,3)20-15(19)17-10-12-4-5-13-11-6-8-18(9-7-11)14(12)13/h11-14H,4-10H2,1-3H3,(H,17,19). The second kappa shape index (κ2) is 5.21. The first kappa shape index (κ1) is 14.2. The lowest BCUT2D eigenvalue weighted by atomic mass is 9.74. The Kier molecular flexibility index (Phi) is 3.69. The van der Waals surface area contributed by atoms with Crippen molar-refractivity contribution in [2.75, 3.05) is 19.6 Å². The Balaban J connectivity index is 1.53. The minimum absolute atomic E-state index is 0.267. The van der Waals surface area contributed by atoms with Crippen LogP contribution in [0.2, 0.25) is 0 Å². The third-order valence-corrected chi connectivity index (χ3v) is 5.30. The first-order chi connectivity index (χ1) is 9.44. The summed E-state index contributed by atoms with van der Waals surface area (Å²) in [6.07, 6.45) is 5.14. The van der Waals surface area contributed by atoms with Crippen LogP contribution >= 0.6 is 0 Å². The SMILES string of the molecule is CC(C)(C)OC(=O)NCC1CCC2C3CCN(CC3)C12. The molecular weight excluding hydrogens is 252 g/mol. The number of nitrogens with one attached hydrogen (secondary N) is 1. The fourth-order valence-electron chi connectivity index (χ4n) is 4.58. The van der Waals surface area contributed by atoms with Crippen molar-refractivity contribution in [2.45, 2.75) is 58.1 Å². The van der Waals surface area contributed by atoms with Crippen molar-refractivity contribution < 1.29 is 9.53 Å². The second-order valence-corrected chi connectivity index (χ2v) is 7.75. The molecule has 4 aliphatic rings. The molecule has 2 bridgehead atoms. The molecule has 3 unspecified atom stereocenters. The van der Waals surface area contributed by atoms with Gasteiger partial charge in [0.2, 0.25) is 0 Å². The van der Waals surface area contributed by atoms with E-state index in [1.54, 1.807) is 0 Å². The molecule has 4 heteroatoms. The van der Waals surface area contributed by atoms with Crippen LogP contribution in [0.1, 0.15) is 46.5 Å². The molecule has 20 heavy (non-hydrogen) atoms. The Bertz CT molecular complexity index is 369. The van der Waals surface area contributed by atoms with Gasteiger partial charge in [-0.3, -0.25) is 4.90 Å². The van der Waals surface area contributed by atoms with E-state index in [1.807, 2.05) is 20.8 Å². The number of nitrogens with zero attached hydrogens (tertiary/aromatic N) is 1. The largest absolute Gasteiger partial charge is 0.444 e. The molecule has 4 rings (SSSR count). The first-order valence-corrected chi connectivity index (χ1v) is 8.15. The lowest BCUT2D eigenvalue weighted by molar-refractivity contribution is -0.0102. The van der Waals surface area contributed by atoms with E-state index in [2.05, 4.69) is 10.2 Å². The van der Waals surface area contributed by atoms with Gasteiger partial charge in [-0.25, -0.2) is 4.79 Å². The predicted molar refractivity (Wildman–Crippen MR) is 78.5 cm³/mol. The van der Waals surface area contributed by atoms with Crippen molar-refractivity contribution in [2.24, 2.45) is 17.8 Å². The average molecular weight is 280 g/mol. The third kappa shape index (κ3) is 2.80. The van der Waals surface area contributed by atoms with Crippen molar-refractivity contribution >= 4 is 6.09 Å². The summed E-state index contributed by atoms with van der Waals surface area (Å²) in [7, 11) is 0. The normalized spacial score (nSPS) is 39.5. The lowest BCUT2D eigenvalue weighted by Gasteiger charge is -2.50. The molecule has 3 atom stereocenters. The van der Waals surface area contributed by atoms with Gasteiger partial charge >= 0.3 is 6.09 Å². The van der Waals surface area contributed by atoms with Gasteiger partial charge in [-0.05, 0) is 77.3 Å². The minimum atomic E-state index is -0.407. The second-order valence-electron chi connectivity index (χ2n) is 7.75. The van der Waals surface area contributed by atoms with Gasteiger partial charge in [0, 0.05) is 12.6 Å². The summed E-state index contributed by atoms with van der Waals surface area (Å²) in [5.74, 6) is 2.47. The van der Waals surface area contributed by atoms with Crippen LogP contribution in [0.5, 0.6) is 0 Å². The molecule has 0 aromatic rings. The summed E-state index contributed by atoms with van der Waals surface area (Å²) in [5, 5.41) is 2.99. The molecule has 3 saturated heterocycles. The molecule has 3 heterocycles. The molecule has 114 valence electrons. The maximum atomic E-state index is 11.8. The van der Waals surface area contributed by atoms with Crippen LogP contribution in [0.15, 0.2) is 0 Å². The molecule has 0 spiro atoms. The molecule has 4 nitrogen and oxygen atoms in total. The number of hydrogen-bond donors (Lipinski definition) is 1. The van der Waals surface area contributed by atoms with Gasteiger partial charge in [0.15, 0.2) is 0 Å². The highest BCUT2D eigenvalue weighted by atomic mass is 16.6. The topological polar surface area (TPSA) is 41.6 Å². The monoisotopic (exact) mass is 280 g/mol. The zero-order valence-corrected chi connectivity index (χ0v) is 13.0. The lowest BCUT2D eigenvalue weighted by Crippen LogP contribution is -2.56. The van der Waals surface area contributed by atoms with Gasteiger partial charge in [-0.15, -0.1) is 0 Å². The van der Waals surface area contributed by atoms with E-state index in [0.717, 1.165) is 24.4 Å². The summed E-state index contributed by atoms with van der Waals surface area (Å²) in [6, 6.07) is 0.720. The zero-order chi connectivity index (χ0) is 14.3. The number of fused-ring (bicyclic) bond motifs is 2. The molecule has 1 amide bonds. The number of alkyl carbamates (subject to hydrolysis) is 1. The Morgan fingerprint density at radius 3 is 2.55 bits per heavy atom. The fraction of sp³-hybridized carbons (Fsp3) is 0.938. The molecular formula is C16H28N2O2. The molecule has 4 fully saturated rings. The summed E-state index contributed by atoms with van der Waals surface area (Å²) in [4.78, 5) is 14.5. The minimum Gasteiger partial charge on any atom is -0.444 e. The highest BCUT2D eigenvalue weighted by Crippen LogP contribution is 2.48. The van der Waals surface area contributed by atoms with E-state index in [4.69, 9.17) is 4.74 Å². The van der Waals surface area contributed by atoms with Crippen LogP contribution in [0, 0.1) is 17.8 Å². The molecule has 0 aromatic carbocycles. The van der Waals surface area contributed by atoms with Crippen LogP contribution in [-0.2, 0) is 4.74 Å².